The van der Waals surface area contributed by atoms with Gasteiger partial charge < -0.3 is 19.7 Å². The molecule has 3 rings (SSSR count). The minimum atomic E-state index is -1.34. The van der Waals surface area contributed by atoms with Crippen LogP contribution in [-0.2, 0) is 0 Å². The number of rotatable bonds is 1. The van der Waals surface area contributed by atoms with E-state index in [1.807, 2.05) is 0 Å². The lowest BCUT2D eigenvalue weighted by atomic mass is 10.0. The summed E-state index contributed by atoms with van der Waals surface area (Å²) < 4.78 is 5.25. The van der Waals surface area contributed by atoms with Gasteiger partial charge in [-0.05, 0) is 17.7 Å². The predicted molar refractivity (Wildman–Crippen MR) is 67.6 cm³/mol. The van der Waals surface area contributed by atoms with E-state index in [1.165, 1.54) is 24.5 Å². The number of hydrogen-bond donors (Lipinski definition) is 3. The van der Waals surface area contributed by atoms with Gasteiger partial charge in [-0.15, -0.1) is 0 Å². The van der Waals surface area contributed by atoms with Crippen molar-refractivity contribution in [2.45, 2.75) is 6.10 Å². The first kappa shape index (κ1) is 11.6. The minimum Gasteiger partial charge on any atom is -0.509 e. The Morgan fingerprint density at radius 3 is 2.47 bits per heavy atom. The van der Waals surface area contributed by atoms with Crippen LogP contribution in [0.1, 0.15) is 17.4 Å². The lowest BCUT2D eigenvalue weighted by molar-refractivity contribution is 0.160. The Bertz CT molecular complexity index is 724. The zero-order chi connectivity index (χ0) is 13.6. The molecule has 0 amide bonds. The second-order valence-corrected chi connectivity index (χ2v) is 4.28. The zero-order valence-electron chi connectivity index (χ0n) is 9.70. The lowest BCUT2D eigenvalue weighted by Gasteiger charge is -2.06. The van der Waals surface area contributed by atoms with E-state index >= 15 is 0 Å². The van der Waals surface area contributed by atoms with E-state index in [0.29, 0.717) is 5.56 Å². The highest BCUT2D eigenvalue weighted by molar-refractivity contribution is 5.68. The van der Waals surface area contributed by atoms with Crippen LogP contribution in [0, 0.1) is 0 Å². The Hall–Kier alpha value is -2.53. The summed E-state index contributed by atoms with van der Waals surface area (Å²) in [6.07, 6.45) is 1.15. The van der Waals surface area contributed by atoms with E-state index in [4.69, 9.17) is 4.42 Å². The highest BCUT2D eigenvalue weighted by Crippen LogP contribution is 2.32. The Morgan fingerprint density at radius 2 is 1.79 bits per heavy atom. The maximum Gasteiger partial charge on any atom is 0.199 e. The van der Waals surface area contributed by atoms with Crippen molar-refractivity contribution in [1.82, 2.24) is 0 Å². The third-order valence-corrected chi connectivity index (χ3v) is 3.07. The van der Waals surface area contributed by atoms with Crippen LogP contribution in [0.2, 0.25) is 0 Å². The third-order valence-electron chi connectivity index (χ3n) is 3.07. The number of aliphatic hydroxyl groups is 2. The number of hydrogen-bond acceptors (Lipinski definition) is 5. The summed E-state index contributed by atoms with van der Waals surface area (Å²) in [7, 11) is 0. The van der Waals surface area contributed by atoms with E-state index in [1.54, 1.807) is 12.1 Å². The molecule has 0 fully saturated rings. The molecule has 1 heterocycles. The van der Waals surface area contributed by atoms with Crippen LogP contribution < -0.4 is 5.43 Å². The molecule has 0 bridgehead atoms. The van der Waals surface area contributed by atoms with Crippen LogP contribution in [0.3, 0.4) is 0 Å². The second kappa shape index (κ2) is 4.00. The molecule has 0 spiro atoms. The van der Waals surface area contributed by atoms with Gasteiger partial charge in [0.2, 0.25) is 0 Å². The summed E-state index contributed by atoms with van der Waals surface area (Å²) >= 11 is 0. The number of aromatic hydroxyl groups is 1. The third kappa shape index (κ3) is 1.71. The normalized spacial score (nSPS) is 17.1. The van der Waals surface area contributed by atoms with Crippen molar-refractivity contribution in [3.05, 3.63) is 57.8 Å². The molecule has 1 aromatic carbocycles. The molecule has 0 saturated heterocycles. The molecule has 1 atom stereocenters. The summed E-state index contributed by atoms with van der Waals surface area (Å²) in [6.45, 7) is 0. The fraction of sp³-hybridized carbons (Fsp3) is 0.0714. The van der Waals surface area contributed by atoms with Crippen LogP contribution in [0.4, 0.5) is 0 Å². The summed E-state index contributed by atoms with van der Waals surface area (Å²) in [6, 6.07) is 6.05. The Balaban J connectivity index is 2.18. The van der Waals surface area contributed by atoms with Gasteiger partial charge in [-0.2, -0.15) is 0 Å². The van der Waals surface area contributed by atoms with Gasteiger partial charge in [-0.25, -0.2) is 0 Å². The average Bonchev–Trinajstić information content (AvgIpc) is 2.68. The molecule has 19 heavy (non-hydrogen) atoms. The van der Waals surface area contributed by atoms with Gasteiger partial charge in [0.1, 0.15) is 29.6 Å². The smallest absolute Gasteiger partial charge is 0.199 e. The van der Waals surface area contributed by atoms with Gasteiger partial charge in [-0.3, -0.25) is 4.79 Å². The van der Waals surface area contributed by atoms with Gasteiger partial charge in [0.15, 0.2) is 5.43 Å². The van der Waals surface area contributed by atoms with Crippen molar-refractivity contribution in [2.75, 3.05) is 0 Å². The number of fused-ring (bicyclic) bond motifs is 1. The molecule has 1 aliphatic carbocycles. The monoisotopic (exact) mass is 258 g/mol. The Morgan fingerprint density at radius 1 is 1.11 bits per heavy atom. The summed E-state index contributed by atoms with van der Waals surface area (Å²) in [5.41, 5.74) is 0.455. The topological polar surface area (TPSA) is 90.9 Å². The van der Waals surface area contributed by atoms with Crippen molar-refractivity contribution in [2.24, 2.45) is 0 Å². The van der Waals surface area contributed by atoms with E-state index in [2.05, 4.69) is 0 Å². The van der Waals surface area contributed by atoms with Gasteiger partial charge in [0.25, 0.3) is 0 Å². The van der Waals surface area contributed by atoms with Crippen LogP contribution >= 0.6 is 0 Å². The van der Waals surface area contributed by atoms with Crippen molar-refractivity contribution in [3.8, 4) is 16.9 Å². The maximum atomic E-state index is 12.3. The molecule has 3 N–H and O–H groups in total. The van der Waals surface area contributed by atoms with E-state index in [0.717, 1.165) is 0 Å². The summed E-state index contributed by atoms with van der Waals surface area (Å²) in [5, 5.41) is 28.4. The lowest BCUT2D eigenvalue weighted by Crippen LogP contribution is -2.14. The van der Waals surface area contributed by atoms with Crippen LogP contribution in [0.25, 0.3) is 17.2 Å². The molecule has 96 valence electrons. The standard InChI is InChI=1S/C14H10O5/c15-8-3-1-7(2-4-8)9-6-19-11-5-10(16)14(18)12(11)13(9)17/h1-6,14-16,18H. The maximum absolute atomic E-state index is 12.3. The summed E-state index contributed by atoms with van der Waals surface area (Å²) in [5.74, 6) is -0.0510. The number of phenolic OH excluding ortho intramolecular Hbond substituents is 1. The molecular weight excluding hydrogens is 248 g/mol. The first-order chi connectivity index (χ1) is 9.08. The van der Waals surface area contributed by atoms with Crippen molar-refractivity contribution in [3.63, 3.8) is 0 Å². The molecule has 5 nitrogen and oxygen atoms in total. The molecule has 1 aliphatic rings. The van der Waals surface area contributed by atoms with E-state index in [-0.39, 0.29) is 28.4 Å². The van der Waals surface area contributed by atoms with Gasteiger partial charge >= 0.3 is 0 Å². The quantitative estimate of drug-likeness (QED) is 0.727. The number of aliphatic hydroxyl groups excluding tert-OH is 2. The molecular formula is C14H10O5. The molecule has 1 unspecified atom stereocenters. The van der Waals surface area contributed by atoms with Crippen molar-refractivity contribution >= 4 is 6.08 Å². The largest absolute Gasteiger partial charge is 0.509 e. The molecule has 0 saturated carbocycles. The number of benzene rings is 1. The first-order valence-electron chi connectivity index (χ1n) is 5.61. The van der Waals surface area contributed by atoms with Gasteiger partial charge in [-0.1, -0.05) is 12.1 Å². The average molecular weight is 258 g/mol. The van der Waals surface area contributed by atoms with Gasteiger partial charge in [0.05, 0.1) is 11.1 Å². The molecule has 0 radical (unpaired) electrons. The highest BCUT2D eigenvalue weighted by Gasteiger charge is 2.29. The zero-order valence-corrected chi connectivity index (χ0v) is 9.70. The summed E-state index contributed by atoms with van der Waals surface area (Å²) in [4.78, 5) is 12.3. The first-order valence-corrected chi connectivity index (χ1v) is 5.61. The SMILES string of the molecule is O=c1c(-c2ccc(O)cc2)coc2c1C(O)C(O)=C2. The highest BCUT2D eigenvalue weighted by atomic mass is 16.3. The Labute approximate surface area is 107 Å². The fourth-order valence-electron chi connectivity index (χ4n) is 2.07. The van der Waals surface area contributed by atoms with Crippen LogP contribution in [0.5, 0.6) is 5.75 Å². The fourth-order valence-corrected chi connectivity index (χ4v) is 2.07. The van der Waals surface area contributed by atoms with Crippen molar-refractivity contribution in [1.29, 1.82) is 0 Å². The molecule has 0 aliphatic heterocycles. The second-order valence-electron chi connectivity index (χ2n) is 4.28. The van der Waals surface area contributed by atoms with E-state index in [9.17, 15) is 20.1 Å². The van der Waals surface area contributed by atoms with Crippen LogP contribution in [0.15, 0.2) is 45.5 Å². The predicted octanol–water partition coefficient (Wildman–Crippen LogP) is 1.96. The van der Waals surface area contributed by atoms with Gasteiger partial charge in [0, 0.05) is 6.08 Å². The molecule has 2 aromatic rings. The van der Waals surface area contributed by atoms with Crippen LogP contribution in [-0.4, -0.2) is 15.3 Å². The van der Waals surface area contributed by atoms with Crippen molar-refractivity contribution < 1.29 is 19.7 Å². The molecule has 5 heteroatoms. The number of phenols is 1. The molecule has 1 aromatic heterocycles. The van der Waals surface area contributed by atoms with E-state index < -0.39 is 11.5 Å². The Kier molecular flexibility index (Phi) is 2.43. The minimum absolute atomic E-state index is 0.0306.